The number of aromatic nitrogens is 2. The van der Waals surface area contributed by atoms with E-state index in [1.165, 1.54) is 10.8 Å². The SMILES string of the molecule is O=C(Cn1cccnc1=O)N(Cc1ccsc1)CC1CCCO1. The molecule has 7 heteroatoms. The normalized spacial score (nSPS) is 17.3. The summed E-state index contributed by atoms with van der Waals surface area (Å²) in [6, 6.07) is 3.66. The Kier molecular flexibility index (Phi) is 5.19. The van der Waals surface area contributed by atoms with E-state index in [1.54, 1.807) is 28.5 Å². The van der Waals surface area contributed by atoms with Crippen LogP contribution in [0.5, 0.6) is 0 Å². The van der Waals surface area contributed by atoms with Crippen LogP contribution in [-0.4, -0.2) is 39.6 Å². The summed E-state index contributed by atoms with van der Waals surface area (Å²) < 4.78 is 6.99. The maximum absolute atomic E-state index is 12.7. The summed E-state index contributed by atoms with van der Waals surface area (Å²) >= 11 is 1.61. The summed E-state index contributed by atoms with van der Waals surface area (Å²) in [6.07, 6.45) is 5.11. The van der Waals surface area contributed by atoms with Crippen molar-refractivity contribution in [3.05, 3.63) is 51.3 Å². The molecule has 1 atom stereocenters. The van der Waals surface area contributed by atoms with Crippen LogP contribution in [0.15, 0.2) is 40.1 Å². The Morgan fingerprint density at radius 3 is 3.13 bits per heavy atom. The average Bonchev–Trinajstić information content (AvgIpc) is 3.22. The third kappa shape index (κ3) is 4.27. The fourth-order valence-electron chi connectivity index (χ4n) is 2.64. The predicted octanol–water partition coefficient (Wildman–Crippen LogP) is 1.51. The van der Waals surface area contributed by atoms with E-state index in [9.17, 15) is 9.59 Å². The van der Waals surface area contributed by atoms with Crippen molar-refractivity contribution < 1.29 is 9.53 Å². The van der Waals surface area contributed by atoms with Crippen molar-refractivity contribution in [2.45, 2.75) is 32.0 Å². The molecule has 0 radical (unpaired) electrons. The molecule has 0 spiro atoms. The molecule has 6 nitrogen and oxygen atoms in total. The molecule has 2 aromatic rings. The maximum atomic E-state index is 12.7. The third-order valence-corrected chi connectivity index (χ3v) is 4.57. The molecule has 1 amide bonds. The number of amides is 1. The number of rotatable bonds is 6. The van der Waals surface area contributed by atoms with Gasteiger partial charge < -0.3 is 9.64 Å². The first-order valence-electron chi connectivity index (χ1n) is 7.64. The van der Waals surface area contributed by atoms with Crippen molar-refractivity contribution >= 4 is 17.2 Å². The molecular weight excluding hydrogens is 314 g/mol. The van der Waals surface area contributed by atoms with Gasteiger partial charge in [-0.15, -0.1) is 0 Å². The molecule has 0 bridgehead atoms. The molecule has 0 N–H and O–H groups in total. The second-order valence-electron chi connectivity index (χ2n) is 5.57. The first-order chi connectivity index (χ1) is 11.2. The molecule has 3 heterocycles. The van der Waals surface area contributed by atoms with Gasteiger partial charge in [-0.3, -0.25) is 9.36 Å². The molecule has 0 aromatic carbocycles. The highest BCUT2D eigenvalue weighted by Gasteiger charge is 2.23. The van der Waals surface area contributed by atoms with E-state index < -0.39 is 5.69 Å². The van der Waals surface area contributed by atoms with Gasteiger partial charge in [-0.1, -0.05) is 0 Å². The van der Waals surface area contributed by atoms with Gasteiger partial charge in [0, 0.05) is 32.1 Å². The average molecular weight is 333 g/mol. The van der Waals surface area contributed by atoms with E-state index in [2.05, 4.69) is 4.98 Å². The van der Waals surface area contributed by atoms with E-state index in [0.717, 1.165) is 25.0 Å². The number of hydrogen-bond acceptors (Lipinski definition) is 5. The Morgan fingerprint density at radius 2 is 2.43 bits per heavy atom. The zero-order chi connectivity index (χ0) is 16.1. The van der Waals surface area contributed by atoms with Crippen LogP contribution in [0.25, 0.3) is 0 Å². The Hall–Kier alpha value is -1.99. The number of hydrogen-bond donors (Lipinski definition) is 0. The fraction of sp³-hybridized carbons (Fsp3) is 0.438. The van der Waals surface area contributed by atoms with Crippen LogP contribution in [0.1, 0.15) is 18.4 Å². The predicted molar refractivity (Wildman–Crippen MR) is 87.2 cm³/mol. The van der Waals surface area contributed by atoms with Gasteiger partial charge in [0.15, 0.2) is 0 Å². The van der Waals surface area contributed by atoms with Gasteiger partial charge in [-0.05, 0) is 41.3 Å². The summed E-state index contributed by atoms with van der Waals surface area (Å²) in [5.41, 5.74) is 0.688. The molecule has 1 unspecified atom stereocenters. The van der Waals surface area contributed by atoms with Gasteiger partial charge in [-0.25, -0.2) is 9.78 Å². The summed E-state index contributed by atoms with van der Waals surface area (Å²) in [4.78, 5) is 29.8. The lowest BCUT2D eigenvalue weighted by molar-refractivity contribution is -0.134. The number of thiophene rings is 1. The Bertz CT molecular complexity index is 693. The summed E-state index contributed by atoms with van der Waals surface area (Å²) in [5, 5.41) is 4.03. The fourth-order valence-corrected chi connectivity index (χ4v) is 3.30. The Morgan fingerprint density at radius 1 is 1.52 bits per heavy atom. The standard InChI is InChI=1S/C16H19N3O3S/c20-15(11-18-6-2-5-17-16(18)21)19(9-13-4-8-23-12-13)10-14-3-1-7-22-14/h2,4-6,8,12,14H,1,3,7,9-11H2. The second-order valence-corrected chi connectivity index (χ2v) is 6.35. The van der Waals surface area contributed by atoms with Crippen molar-refractivity contribution in [3.8, 4) is 0 Å². The molecule has 1 aliphatic rings. The lowest BCUT2D eigenvalue weighted by Crippen LogP contribution is -2.40. The number of carbonyl (C=O) groups excluding carboxylic acids is 1. The molecule has 23 heavy (non-hydrogen) atoms. The molecule has 122 valence electrons. The molecule has 0 saturated carbocycles. The minimum absolute atomic E-state index is 0.00350. The second kappa shape index (κ2) is 7.52. The highest BCUT2D eigenvalue weighted by Crippen LogP contribution is 2.16. The first-order valence-corrected chi connectivity index (χ1v) is 8.58. The Balaban J connectivity index is 1.71. The monoisotopic (exact) mass is 333 g/mol. The van der Waals surface area contributed by atoms with Gasteiger partial charge in [0.1, 0.15) is 6.54 Å². The van der Waals surface area contributed by atoms with Gasteiger partial charge in [0.25, 0.3) is 0 Å². The molecule has 3 rings (SSSR count). The number of ether oxygens (including phenoxy) is 1. The molecular formula is C16H19N3O3S. The van der Waals surface area contributed by atoms with Crippen LogP contribution in [0.2, 0.25) is 0 Å². The van der Waals surface area contributed by atoms with Crippen LogP contribution in [0, 0.1) is 0 Å². The van der Waals surface area contributed by atoms with Gasteiger partial charge in [0.05, 0.1) is 6.10 Å². The van der Waals surface area contributed by atoms with E-state index in [-0.39, 0.29) is 18.6 Å². The number of nitrogens with zero attached hydrogens (tertiary/aromatic N) is 3. The van der Waals surface area contributed by atoms with E-state index >= 15 is 0 Å². The van der Waals surface area contributed by atoms with Gasteiger partial charge >= 0.3 is 5.69 Å². The maximum Gasteiger partial charge on any atom is 0.347 e. The van der Waals surface area contributed by atoms with Crippen molar-refractivity contribution in [1.82, 2.24) is 14.5 Å². The van der Waals surface area contributed by atoms with Crippen molar-refractivity contribution in [1.29, 1.82) is 0 Å². The van der Waals surface area contributed by atoms with Gasteiger partial charge in [0.2, 0.25) is 5.91 Å². The molecule has 2 aromatic heterocycles. The molecule has 1 saturated heterocycles. The lowest BCUT2D eigenvalue weighted by Gasteiger charge is -2.25. The summed E-state index contributed by atoms with van der Waals surface area (Å²) in [6.45, 7) is 1.86. The zero-order valence-corrected chi connectivity index (χ0v) is 13.6. The molecule has 1 fully saturated rings. The van der Waals surface area contributed by atoms with Crippen LogP contribution >= 0.6 is 11.3 Å². The largest absolute Gasteiger partial charge is 0.376 e. The highest BCUT2D eigenvalue weighted by molar-refractivity contribution is 7.07. The highest BCUT2D eigenvalue weighted by atomic mass is 32.1. The first kappa shape index (κ1) is 15.9. The van der Waals surface area contributed by atoms with Crippen LogP contribution < -0.4 is 5.69 Å². The third-order valence-electron chi connectivity index (χ3n) is 3.84. The minimum atomic E-state index is -0.409. The summed E-state index contributed by atoms with van der Waals surface area (Å²) in [7, 11) is 0. The van der Waals surface area contributed by atoms with E-state index in [0.29, 0.717) is 13.1 Å². The molecule has 0 aliphatic carbocycles. The lowest BCUT2D eigenvalue weighted by atomic mass is 10.2. The van der Waals surface area contributed by atoms with Crippen molar-refractivity contribution in [2.24, 2.45) is 0 Å². The van der Waals surface area contributed by atoms with Crippen molar-refractivity contribution in [2.75, 3.05) is 13.2 Å². The van der Waals surface area contributed by atoms with E-state index in [1.807, 2.05) is 16.8 Å². The van der Waals surface area contributed by atoms with E-state index in [4.69, 9.17) is 4.74 Å². The van der Waals surface area contributed by atoms with Crippen LogP contribution in [0.3, 0.4) is 0 Å². The topological polar surface area (TPSA) is 64.4 Å². The van der Waals surface area contributed by atoms with Crippen LogP contribution in [-0.2, 0) is 22.6 Å². The minimum Gasteiger partial charge on any atom is -0.376 e. The zero-order valence-electron chi connectivity index (χ0n) is 12.8. The smallest absolute Gasteiger partial charge is 0.347 e. The van der Waals surface area contributed by atoms with Gasteiger partial charge in [-0.2, -0.15) is 11.3 Å². The summed E-state index contributed by atoms with van der Waals surface area (Å²) in [5.74, 6) is -0.0956. The van der Waals surface area contributed by atoms with Crippen LogP contribution in [0.4, 0.5) is 0 Å². The number of carbonyl (C=O) groups is 1. The molecule has 1 aliphatic heterocycles. The quantitative estimate of drug-likeness (QED) is 0.804. The Labute approximate surface area is 138 Å². The van der Waals surface area contributed by atoms with Crippen molar-refractivity contribution in [3.63, 3.8) is 0 Å².